The van der Waals surface area contributed by atoms with Crippen molar-refractivity contribution < 1.29 is 0 Å². The molecule has 11 heavy (non-hydrogen) atoms. The number of aromatic nitrogens is 2. The van der Waals surface area contributed by atoms with Crippen LogP contribution in [0, 0.1) is 0 Å². The second kappa shape index (κ2) is 2.17. The fraction of sp³-hybridized carbons (Fsp3) is 0.429. The Labute approximate surface area is 63.5 Å². The summed E-state index contributed by atoms with van der Waals surface area (Å²) < 4.78 is 0. The number of aromatic amines is 1. The number of fused-ring (bicyclic) bond motifs is 1. The van der Waals surface area contributed by atoms with Gasteiger partial charge >= 0.3 is 0 Å². The van der Waals surface area contributed by atoms with Crippen LogP contribution >= 0.6 is 0 Å². The lowest BCUT2D eigenvalue weighted by Crippen LogP contribution is -2.15. The first-order valence-electron chi connectivity index (χ1n) is 3.61. The zero-order valence-electron chi connectivity index (χ0n) is 6.00. The zero-order valence-corrected chi connectivity index (χ0v) is 6.00. The number of rotatable bonds is 0. The van der Waals surface area contributed by atoms with Crippen molar-refractivity contribution >= 4 is 0 Å². The molecule has 1 aliphatic carbocycles. The van der Waals surface area contributed by atoms with E-state index in [1.165, 1.54) is 6.33 Å². The molecule has 1 heterocycles. The molecular weight excluding hydrogens is 142 g/mol. The average molecular weight is 151 g/mol. The fourth-order valence-electron chi connectivity index (χ4n) is 1.44. The summed E-state index contributed by atoms with van der Waals surface area (Å²) in [6, 6.07) is -0.0349. The van der Waals surface area contributed by atoms with Crippen LogP contribution < -0.4 is 11.3 Å². The third-order valence-corrected chi connectivity index (χ3v) is 2.04. The molecule has 1 unspecified atom stereocenters. The van der Waals surface area contributed by atoms with Crippen molar-refractivity contribution in [2.24, 2.45) is 5.73 Å². The average Bonchev–Trinajstić information content (AvgIpc) is 2.35. The van der Waals surface area contributed by atoms with Crippen LogP contribution in [0.25, 0.3) is 0 Å². The van der Waals surface area contributed by atoms with Crippen molar-refractivity contribution in [2.75, 3.05) is 0 Å². The molecule has 0 saturated heterocycles. The summed E-state index contributed by atoms with van der Waals surface area (Å²) in [7, 11) is 0. The van der Waals surface area contributed by atoms with Crippen LogP contribution in [0.5, 0.6) is 0 Å². The van der Waals surface area contributed by atoms with E-state index in [1.807, 2.05) is 0 Å². The Kier molecular flexibility index (Phi) is 1.29. The van der Waals surface area contributed by atoms with Crippen molar-refractivity contribution in [3.8, 4) is 0 Å². The maximum Gasteiger partial charge on any atom is 0.254 e. The topological polar surface area (TPSA) is 71.8 Å². The molecular formula is C7H9N3O. The lowest BCUT2D eigenvalue weighted by molar-refractivity contribution is 0.697. The van der Waals surface area contributed by atoms with Gasteiger partial charge in [0, 0.05) is 11.6 Å². The molecule has 0 bridgehead atoms. The number of nitrogens with two attached hydrogens (primary N) is 1. The summed E-state index contributed by atoms with van der Waals surface area (Å²) in [5.74, 6) is 0. The molecule has 2 rings (SSSR count). The molecule has 4 heteroatoms. The minimum absolute atomic E-state index is 0.0349. The van der Waals surface area contributed by atoms with E-state index in [0.717, 1.165) is 24.1 Å². The third kappa shape index (κ3) is 0.867. The Morgan fingerprint density at radius 1 is 1.73 bits per heavy atom. The van der Waals surface area contributed by atoms with Crippen LogP contribution in [-0.2, 0) is 6.42 Å². The Morgan fingerprint density at radius 2 is 2.55 bits per heavy atom. The third-order valence-electron chi connectivity index (χ3n) is 2.04. The minimum Gasteiger partial charge on any atom is -0.323 e. The lowest BCUT2D eigenvalue weighted by Gasteiger charge is -1.99. The maximum absolute atomic E-state index is 11.1. The van der Waals surface area contributed by atoms with Gasteiger partial charge in [-0.15, -0.1) is 0 Å². The Morgan fingerprint density at radius 3 is 3.27 bits per heavy atom. The fourth-order valence-corrected chi connectivity index (χ4v) is 1.44. The Balaban J connectivity index is 2.66. The van der Waals surface area contributed by atoms with E-state index in [9.17, 15) is 4.79 Å². The lowest BCUT2D eigenvalue weighted by atomic mass is 10.2. The van der Waals surface area contributed by atoms with E-state index < -0.39 is 0 Å². The smallest absolute Gasteiger partial charge is 0.254 e. The number of H-pyrrole nitrogens is 1. The first-order chi connectivity index (χ1) is 5.29. The number of hydrogen-bond acceptors (Lipinski definition) is 3. The van der Waals surface area contributed by atoms with Crippen LogP contribution in [0.2, 0.25) is 0 Å². The molecule has 0 radical (unpaired) electrons. The second-order valence-electron chi connectivity index (χ2n) is 2.74. The Bertz CT molecular complexity index is 331. The van der Waals surface area contributed by atoms with E-state index in [0.29, 0.717) is 0 Å². The van der Waals surface area contributed by atoms with E-state index in [2.05, 4.69) is 9.97 Å². The monoisotopic (exact) mass is 151 g/mol. The highest BCUT2D eigenvalue weighted by Crippen LogP contribution is 2.23. The second-order valence-corrected chi connectivity index (χ2v) is 2.74. The van der Waals surface area contributed by atoms with Crippen molar-refractivity contribution in [3.05, 3.63) is 27.9 Å². The highest BCUT2D eigenvalue weighted by molar-refractivity contribution is 5.24. The van der Waals surface area contributed by atoms with Gasteiger partial charge in [-0.3, -0.25) is 4.79 Å². The number of hydrogen-bond donors (Lipinski definition) is 2. The first kappa shape index (κ1) is 6.54. The van der Waals surface area contributed by atoms with Gasteiger partial charge in [-0.25, -0.2) is 4.98 Å². The van der Waals surface area contributed by atoms with E-state index in [4.69, 9.17) is 5.73 Å². The maximum atomic E-state index is 11.1. The summed E-state index contributed by atoms with van der Waals surface area (Å²) in [5, 5.41) is 0. The van der Waals surface area contributed by atoms with Crippen LogP contribution in [0.3, 0.4) is 0 Å². The predicted molar refractivity (Wildman–Crippen MR) is 40.1 cm³/mol. The summed E-state index contributed by atoms with van der Waals surface area (Å²) in [6.45, 7) is 0. The van der Waals surface area contributed by atoms with Crippen LogP contribution in [0.1, 0.15) is 23.7 Å². The van der Waals surface area contributed by atoms with Crippen LogP contribution in [0.4, 0.5) is 0 Å². The molecule has 1 aromatic heterocycles. The van der Waals surface area contributed by atoms with Crippen LogP contribution in [-0.4, -0.2) is 9.97 Å². The van der Waals surface area contributed by atoms with Crippen LogP contribution in [0.15, 0.2) is 11.1 Å². The van der Waals surface area contributed by atoms with Gasteiger partial charge in [0.05, 0.1) is 12.0 Å². The van der Waals surface area contributed by atoms with Crippen molar-refractivity contribution in [3.63, 3.8) is 0 Å². The summed E-state index contributed by atoms with van der Waals surface area (Å²) in [5.41, 5.74) is 7.20. The van der Waals surface area contributed by atoms with Crippen molar-refractivity contribution in [2.45, 2.75) is 18.9 Å². The standard InChI is InChI=1S/C7H9N3O/c8-5-2-1-4-6(5)9-3-10-7(4)11/h3,5H,1-2,8H2,(H,9,10,11). The largest absolute Gasteiger partial charge is 0.323 e. The molecule has 58 valence electrons. The van der Waals surface area contributed by atoms with E-state index >= 15 is 0 Å². The summed E-state index contributed by atoms with van der Waals surface area (Å²) in [4.78, 5) is 17.7. The van der Waals surface area contributed by atoms with Gasteiger partial charge in [-0.2, -0.15) is 0 Å². The number of nitrogens with one attached hydrogen (secondary N) is 1. The Hall–Kier alpha value is -1.16. The van der Waals surface area contributed by atoms with Crippen molar-refractivity contribution in [1.29, 1.82) is 0 Å². The van der Waals surface area contributed by atoms with E-state index in [1.54, 1.807) is 0 Å². The molecule has 4 nitrogen and oxygen atoms in total. The number of nitrogens with zero attached hydrogens (tertiary/aromatic N) is 1. The quantitative estimate of drug-likeness (QED) is 0.535. The van der Waals surface area contributed by atoms with E-state index in [-0.39, 0.29) is 11.6 Å². The van der Waals surface area contributed by atoms with Crippen molar-refractivity contribution in [1.82, 2.24) is 9.97 Å². The van der Waals surface area contributed by atoms with Gasteiger partial charge in [0.25, 0.3) is 5.56 Å². The molecule has 0 aliphatic heterocycles. The SMILES string of the molecule is NC1CCc2c1nc[nH]c2=O. The molecule has 0 saturated carbocycles. The molecule has 1 aromatic rings. The van der Waals surface area contributed by atoms with Gasteiger partial charge in [0.15, 0.2) is 0 Å². The molecule has 0 spiro atoms. The summed E-state index contributed by atoms with van der Waals surface area (Å²) in [6.07, 6.45) is 3.02. The molecule has 3 N–H and O–H groups in total. The van der Waals surface area contributed by atoms with Gasteiger partial charge in [0.1, 0.15) is 0 Å². The highest BCUT2D eigenvalue weighted by Gasteiger charge is 2.22. The molecule has 0 aromatic carbocycles. The molecule has 1 aliphatic rings. The zero-order chi connectivity index (χ0) is 7.84. The van der Waals surface area contributed by atoms with Gasteiger partial charge < -0.3 is 10.7 Å². The molecule has 1 atom stereocenters. The normalized spacial score (nSPS) is 21.7. The highest BCUT2D eigenvalue weighted by atomic mass is 16.1. The van der Waals surface area contributed by atoms with Gasteiger partial charge in [-0.05, 0) is 12.8 Å². The summed E-state index contributed by atoms with van der Waals surface area (Å²) >= 11 is 0. The molecule has 0 fully saturated rings. The predicted octanol–water partition coefficient (Wildman–Crippen LogP) is -0.284. The first-order valence-corrected chi connectivity index (χ1v) is 3.61. The van der Waals surface area contributed by atoms with Gasteiger partial charge in [-0.1, -0.05) is 0 Å². The molecule has 0 amide bonds. The minimum atomic E-state index is -0.0389. The van der Waals surface area contributed by atoms with Gasteiger partial charge in [0.2, 0.25) is 0 Å².